The zero-order valence-electron chi connectivity index (χ0n) is 19.0. The SMILES string of the molecule is C=C1C(C)=CC(c2cc(F)c3cc(N4CC5(CCCNC5)C4)nnc3c2)=NN1C=C(C)C. The summed E-state index contributed by atoms with van der Waals surface area (Å²) in [6, 6.07) is 5.22. The van der Waals surface area contributed by atoms with Crippen LogP contribution in [0, 0.1) is 11.2 Å². The molecule has 0 atom stereocenters. The summed E-state index contributed by atoms with van der Waals surface area (Å²) in [6.45, 7) is 14.1. The van der Waals surface area contributed by atoms with Gasteiger partial charge in [-0.15, -0.1) is 10.2 Å². The van der Waals surface area contributed by atoms with Crippen LogP contribution in [0.5, 0.6) is 0 Å². The van der Waals surface area contributed by atoms with Gasteiger partial charge in [-0.3, -0.25) is 0 Å². The van der Waals surface area contributed by atoms with E-state index in [4.69, 9.17) is 0 Å². The molecule has 1 aromatic heterocycles. The van der Waals surface area contributed by atoms with Crippen molar-refractivity contribution in [1.82, 2.24) is 20.5 Å². The molecule has 0 amide bonds. The van der Waals surface area contributed by atoms with Gasteiger partial charge in [-0.25, -0.2) is 9.40 Å². The molecule has 2 aromatic rings. The average Bonchev–Trinajstić information content (AvgIpc) is 2.75. The van der Waals surface area contributed by atoms with E-state index in [0.717, 1.165) is 48.8 Å². The first-order chi connectivity index (χ1) is 15.3. The third-order valence-electron chi connectivity index (χ3n) is 6.56. The zero-order valence-corrected chi connectivity index (χ0v) is 19.0. The van der Waals surface area contributed by atoms with Crippen LogP contribution < -0.4 is 10.2 Å². The number of hydrazone groups is 1. The van der Waals surface area contributed by atoms with E-state index < -0.39 is 0 Å². The Morgan fingerprint density at radius 3 is 2.75 bits per heavy atom. The first-order valence-electron chi connectivity index (χ1n) is 11.2. The van der Waals surface area contributed by atoms with Gasteiger partial charge in [-0.1, -0.05) is 12.2 Å². The van der Waals surface area contributed by atoms with Gasteiger partial charge in [0.2, 0.25) is 0 Å². The highest BCUT2D eigenvalue weighted by molar-refractivity contribution is 6.11. The summed E-state index contributed by atoms with van der Waals surface area (Å²) in [5.74, 6) is 0.437. The third-order valence-corrected chi connectivity index (χ3v) is 6.56. The van der Waals surface area contributed by atoms with Crippen molar-refractivity contribution in [2.45, 2.75) is 33.6 Å². The molecule has 5 rings (SSSR count). The Bertz CT molecular complexity index is 1180. The van der Waals surface area contributed by atoms with Crippen molar-refractivity contribution < 1.29 is 4.39 Å². The van der Waals surface area contributed by atoms with Crippen molar-refractivity contribution >= 4 is 22.4 Å². The number of piperidine rings is 1. The van der Waals surface area contributed by atoms with E-state index in [1.54, 1.807) is 5.01 Å². The Hall–Kier alpha value is -3.06. The Morgan fingerprint density at radius 1 is 1.22 bits per heavy atom. The van der Waals surface area contributed by atoms with Crippen LogP contribution in [0.2, 0.25) is 0 Å². The number of nitrogens with one attached hydrogen (secondary N) is 1. The second-order valence-electron chi connectivity index (χ2n) is 9.54. The fourth-order valence-corrected chi connectivity index (χ4v) is 4.79. The Balaban J connectivity index is 1.44. The standard InChI is InChI=1S/C25H29FN6/c1-16(2)12-32-18(4)17(3)8-22(30-32)19-9-21(26)20-11-24(29-28-23(20)10-19)31-14-25(15-31)6-5-7-27-13-25/h8-12,27H,4-7,13-15H2,1-3H3. The van der Waals surface area contributed by atoms with Gasteiger partial charge in [0.1, 0.15) is 5.82 Å². The number of anilines is 1. The summed E-state index contributed by atoms with van der Waals surface area (Å²) in [4.78, 5) is 2.20. The third kappa shape index (κ3) is 3.71. The van der Waals surface area contributed by atoms with Crippen molar-refractivity contribution in [1.29, 1.82) is 0 Å². The van der Waals surface area contributed by atoms with Crippen molar-refractivity contribution in [2.24, 2.45) is 10.5 Å². The van der Waals surface area contributed by atoms with Crippen LogP contribution in [0.25, 0.3) is 10.9 Å². The summed E-state index contributed by atoms with van der Waals surface area (Å²) in [7, 11) is 0. The molecule has 7 heteroatoms. The molecule has 166 valence electrons. The van der Waals surface area contributed by atoms with E-state index in [2.05, 4.69) is 32.1 Å². The second-order valence-corrected chi connectivity index (χ2v) is 9.54. The van der Waals surface area contributed by atoms with Gasteiger partial charge < -0.3 is 10.2 Å². The van der Waals surface area contributed by atoms with Gasteiger partial charge in [0.15, 0.2) is 5.82 Å². The van der Waals surface area contributed by atoms with Gasteiger partial charge in [-0.2, -0.15) is 5.10 Å². The summed E-state index contributed by atoms with van der Waals surface area (Å²) >= 11 is 0. The minimum Gasteiger partial charge on any atom is -0.354 e. The van der Waals surface area contributed by atoms with Crippen LogP contribution in [-0.2, 0) is 0 Å². The molecule has 0 unspecified atom stereocenters. The number of halogens is 1. The van der Waals surface area contributed by atoms with Crippen LogP contribution in [0.1, 0.15) is 39.2 Å². The molecule has 1 N–H and O–H groups in total. The molecule has 0 bridgehead atoms. The lowest BCUT2D eigenvalue weighted by Gasteiger charge is -2.52. The summed E-state index contributed by atoms with van der Waals surface area (Å²) in [5, 5.41) is 19.2. The number of fused-ring (bicyclic) bond motifs is 1. The first-order valence-corrected chi connectivity index (χ1v) is 11.2. The number of hydrogen-bond donors (Lipinski definition) is 1. The predicted octanol–water partition coefficient (Wildman–Crippen LogP) is 4.36. The summed E-state index contributed by atoms with van der Waals surface area (Å²) in [6.07, 6.45) is 6.30. The summed E-state index contributed by atoms with van der Waals surface area (Å²) < 4.78 is 15.2. The van der Waals surface area contributed by atoms with E-state index in [1.807, 2.05) is 45.2 Å². The van der Waals surface area contributed by atoms with Gasteiger partial charge in [0.05, 0.1) is 16.9 Å². The number of hydrogen-bond acceptors (Lipinski definition) is 6. The van der Waals surface area contributed by atoms with Gasteiger partial charge in [0.25, 0.3) is 0 Å². The molecule has 0 aliphatic carbocycles. The van der Waals surface area contributed by atoms with E-state index in [0.29, 0.717) is 27.6 Å². The molecular formula is C25H29FN6. The van der Waals surface area contributed by atoms with E-state index in [1.165, 1.54) is 18.9 Å². The number of allylic oxidation sites excluding steroid dienone is 3. The molecule has 4 heterocycles. The van der Waals surface area contributed by atoms with Crippen LogP contribution in [0.3, 0.4) is 0 Å². The lowest BCUT2D eigenvalue weighted by atomic mass is 9.74. The van der Waals surface area contributed by atoms with Gasteiger partial charge in [-0.05, 0) is 70.0 Å². The maximum Gasteiger partial charge on any atom is 0.152 e. The number of nitrogens with zero attached hydrogens (tertiary/aromatic N) is 5. The fourth-order valence-electron chi connectivity index (χ4n) is 4.79. The van der Waals surface area contributed by atoms with Crippen molar-refractivity contribution in [3.63, 3.8) is 0 Å². The van der Waals surface area contributed by atoms with Crippen LogP contribution in [0.4, 0.5) is 10.2 Å². The molecule has 0 saturated carbocycles. The van der Waals surface area contributed by atoms with E-state index in [-0.39, 0.29) is 5.82 Å². The highest BCUT2D eigenvalue weighted by atomic mass is 19.1. The number of aromatic nitrogens is 2. The zero-order chi connectivity index (χ0) is 22.5. The van der Waals surface area contributed by atoms with Crippen molar-refractivity contribution in [3.8, 4) is 0 Å². The molecule has 2 saturated heterocycles. The number of rotatable bonds is 3. The maximum atomic E-state index is 15.2. The first kappa shape index (κ1) is 20.8. The predicted molar refractivity (Wildman–Crippen MR) is 127 cm³/mol. The minimum absolute atomic E-state index is 0.310. The van der Waals surface area contributed by atoms with Crippen molar-refractivity contribution in [3.05, 3.63) is 65.3 Å². The molecule has 3 aliphatic heterocycles. The van der Waals surface area contributed by atoms with Crippen LogP contribution in [0.15, 0.2) is 59.0 Å². The molecule has 1 aromatic carbocycles. The highest BCUT2D eigenvalue weighted by Crippen LogP contribution is 2.39. The molecule has 0 radical (unpaired) electrons. The van der Waals surface area contributed by atoms with E-state index >= 15 is 4.39 Å². The van der Waals surface area contributed by atoms with Gasteiger partial charge in [0, 0.05) is 42.2 Å². The second kappa shape index (κ2) is 7.81. The Morgan fingerprint density at radius 2 is 2.03 bits per heavy atom. The number of benzene rings is 1. The highest BCUT2D eigenvalue weighted by Gasteiger charge is 2.44. The topological polar surface area (TPSA) is 56.6 Å². The fraction of sp³-hybridized carbons (Fsp3) is 0.400. The lowest BCUT2D eigenvalue weighted by Crippen LogP contribution is -2.62. The molecular weight excluding hydrogens is 403 g/mol. The minimum atomic E-state index is -0.310. The molecule has 32 heavy (non-hydrogen) atoms. The molecule has 1 spiro atoms. The lowest BCUT2D eigenvalue weighted by molar-refractivity contribution is 0.155. The van der Waals surface area contributed by atoms with Crippen LogP contribution in [-0.4, -0.2) is 47.1 Å². The summed E-state index contributed by atoms with van der Waals surface area (Å²) in [5.41, 5.74) is 5.11. The molecule has 3 aliphatic rings. The normalized spacial score (nSPS) is 20.2. The molecule has 6 nitrogen and oxygen atoms in total. The van der Waals surface area contributed by atoms with E-state index in [9.17, 15) is 0 Å². The average molecular weight is 433 g/mol. The Kier molecular flexibility index (Phi) is 5.08. The maximum absolute atomic E-state index is 15.2. The molecule has 2 fully saturated rings. The monoisotopic (exact) mass is 432 g/mol. The smallest absolute Gasteiger partial charge is 0.152 e. The largest absolute Gasteiger partial charge is 0.354 e. The Labute approximate surface area is 188 Å². The van der Waals surface area contributed by atoms with Gasteiger partial charge >= 0.3 is 0 Å². The van der Waals surface area contributed by atoms with Crippen LogP contribution >= 0.6 is 0 Å². The quantitative estimate of drug-likeness (QED) is 0.781. The van der Waals surface area contributed by atoms with Crippen molar-refractivity contribution in [2.75, 3.05) is 31.1 Å².